The third-order valence-corrected chi connectivity index (χ3v) is 4.37. The number of esters is 3. The molecule has 0 spiro atoms. The number of dihydropyridines is 1. The van der Waals surface area contributed by atoms with E-state index < -0.39 is 23.8 Å². The van der Waals surface area contributed by atoms with Crippen LogP contribution in [0.4, 0.5) is 0 Å². The zero-order valence-electron chi connectivity index (χ0n) is 16.7. The van der Waals surface area contributed by atoms with Crippen molar-refractivity contribution in [3.05, 3.63) is 57.9 Å². The first-order valence-corrected chi connectivity index (χ1v) is 9.09. The zero-order valence-corrected chi connectivity index (χ0v) is 16.7. The van der Waals surface area contributed by atoms with Gasteiger partial charge in [0.2, 0.25) is 0 Å². The fourth-order valence-corrected chi connectivity index (χ4v) is 3.13. The Labute approximate surface area is 168 Å². The molecule has 2 rings (SSSR count). The monoisotopic (exact) mass is 401 g/mol. The van der Waals surface area contributed by atoms with Crippen LogP contribution in [-0.4, -0.2) is 44.5 Å². The lowest BCUT2D eigenvalue weighted by Gasteiger charge is -2.29. The summed E-state index contributed by atoms with van der Waals surface area (Å²) < 4.78 is 15.0. The van der Waals surface area contributed by atoms with E-state index in [0.717, 1.165) is 0 Å². The molecular weight excluding hydrogens is 378 g/mol. The molecule has 0 saturated heterocycles. The summed E-state index contributed by atoms with van der Waals surface area (Å²) >= 11 is 0. The highest BCUT2D eigenvalue weighted by atomic mass is 16.5. The van der Waals surface area contributed by atoms with Crippen molar-refractivity contribution in [1.82, 2.24) is 5.32 Å². The van der Waals surface area contributed by atoms with Gasteiger partial charge in [-0.05, 0) is 38.5 Å². The number of carbonyl (C=O) groups excluding carboxylic acids is 4. The molecule has 1 aromatic carbocycles. The smallest absolute Gasteiger partial charge is 0.337 e. The fourth-order valence-electron chi connectivity index (χ4n) is 3.13. The average Bonchev–Trinajstić information content (AvgIpc) is 2.72. The molecule has 8 nitrogen and oxygen atoms in total. The zero-order chi connectivity index (χ0) is 21.6. The summed E-state index contributed by atoms with van der Waals surface area (Å²) in [6.07, 6.45) is 0.507. The molecule has 0 aromatic heterocycles. The van der Waals surface area contributed by atoms with Gasteiger partial charge in [0.15, 0.2) is 6.29 Å². The molecule has 1 N–H and O–H groups in total. The number of allylic oxidation sites excluding steroid dienone is 2. The molecule has 154 valence electrons. The molecule has 1 heterocycles. The minimum absolute atomic E-state index is 0.00122. The topological polar surface area (TPSA) is 108 Å². The Balaban J connectivity index is 2.67. The lowest BCUT2D eigenvalue weighted by Crippen LogP contribution is -2.33. The number of aldehydes is 1. The van der Waals surface area contributed by atoms with E-state index >= 15 is 0 Å². The average molecular weight is 401 g/mol. The SMILES string of the molecule is CCOC(=O)C1=C(C)NC(C=O)=C(C(=O)OCC)C1c1ccc(C(=O)OC)cc1. The van der Waals surface area contributed by atoms with Gasteiger partial charge in [0.1, 0.15) is 0 Å². The van der Waals surface area contributed by atoms with Gasteiger partial charge in [0, 0.05) is 5.70 Å². The number of ether oxygens (including phenoxy) is 3. The van der Waals surface area contributed by atoms with E-state index in [1.54, 1.807) is 32.9 Å². The van der Waals surface area contributed by atoms with Crippen LogP contribution in [0.2, 0.25) is 0 Å². The maximum absolute atomic E-state index is 12.7. The molecule has 29 heavy (non-hydrogen) atoms. The number of hydrogen-bond donors (Lipinski definition) is 1. The quantitative estimate of drug-likeness (QED) is 0.420. The summed E-state index contributed by atoms with van der Waals surface area (Å²) in [4.78, 5) is 48.7. The molecule has 0 bridgehead atoms. The van der Waals surface area contributed by atoms with E-state index in [9.17, 15) is 19.2 Å². The standard InChI is InChI=1S/C21H23NO7/c1-5-28-20(25)16-12(3)22-15(11-23)18(21(26)29-6-2)17(16)13-7-9-14(10-8-13)19(24)27-4/h7-11,17,22H,5-6H2,1-4H3. The first-order valence-electron chi connectivity index (χ1n) is 9.09. The molecule has 1 aliphatic heterocycles. The Morgan fingerprint density at radius 3 is 2.00 bits per heavy atom. The molecule has 0 radical (unpaired) electrons. The van der Waals surface area contributed by atoms with E-state index in [1.807, 2.05) is 0 Å². The van der Waals surface area contributed by atoms with Crippen molar-refractivity contribution in [2.24, 2.45) is 0 Å². The van der Waals surface area contributed by atoms with Crippen molar-refractivity contribution in [1.29, 1.82) is 0 Å². The summed E-state index contributed by atoms with van der Waals surface area (Å²) in [5.41, 5.74) is 1.41. The van der Waals surface area contributed by atoms with Crippen LogP contribution < -0.4 is 5.32 Å². The largest absolute Gasteiger partial charge is 0.465 e. The van der Waals surface area contributed by atoms with Gasteiger partial charge < -0.3 is 19.5 Å². The number of hydrogen-bond acceptors (Lipinski definition) is 8. The van der Waals surface area contributed by atoms with Gasteiger partial charge in [-0.3, -0.25) is 4.79 Å². The highest BCUT2D eigenvalue weighted by Crippen LogP contribution is 2.39. The molecule has 0 fully saturated rings. The minimum Gasteiger partial charge on any atom is -0.465 e. The van der Waals surface area contributed by atoms with E-state index in [4.69, 9.17) is 14.2 Å². The van der Waals surface area contributed by atoms with Crippen molar-refractivity contribution in [2.45, 2.75) is 26.7 Å². The molecular formula is C21H23NO7. The van der Waals surface area contributed by atoms with Crippen molar-refractivity contribution >= 4 is 24.2 Å². The lowest BCUT2D eigenvalue weighted by molar-refractivity contribution is -0.139. The second-order valence-electron chi connectivity index (χ2n) is 6.10. The second kappa shape index (κ2) is 9.68. The van der Waals surface area contributed by atoms with Gasteiger partial charge in [-0.1, -0.05) is 12.1 Å². The summed E-state index contributed by atoms with van der Waals surface area (Å²) in [5.74, 6) is -2.76. The first-order chi connectivity index (χ1) is 13.9. The minimum atomic E-state index is -0.902. The summed E-state index contributed by atoms with van der Waals surface area (Å²) in [6, 6.07) is 6.22. The van der Waals surface area contributed by atoms with Crippen LogP contribution in [0.25, 0.3) is 0 Å². The molecule has 0 aliphatic carbocycles. The van der Waals surface area contributed by atoms with Crippen LogP contribution in [0, 0.1) is 0 Å². The summed E-state index contributed by atoms with van der Waals surface area (Å²) in [7, 11) is 1.27. The van der Waals surface area contributed by atoms with Crippen LogP contribution in [0.5, 0.6) is 0 Å². The van der Waals surface area contributed by atoms with E-state index in [1.165, 1.54) is 19.2 Å². The number of carbonyl (C=O) groups is 4. The third kappa shape index (κ3) is 4.53. The van der Waals surface area contributed by atoms with Gasteiger partial charge in [-0.25, -0.2) is 14.4 Å². The highest BCUT2D eigenvalue weighted by molar-refractivity contribution is 6.03. The Kier molecular flexibility index (Phi) is 7.30. The normalized spacial score (nSPS) is 16.1. The van der Waals surface area contributed by atoms with Gasteiger partial charge in [0.05, 0.1) is 48.6 Å². The van der Waals surface area contributed by atoms with Crippen LogP contribution >= 0.6 is 0 Å². The van der Waals surface area contributed by atoms with E-state index in [-0.39, 0.29) is 30.1 Å². The van der Waals surface area contributed by atoms with Gasteiger partial charge in [0.25, 0.3) is 0 Å². The predicted octanol–water partition coefficient (Wildman–Crippen LogP) is 2.01. The maximum Gasteiger partial charge on any atom is 0.337 e. The summed E-state index contributed by atoms with van der Waals surface area (Å²) in [5, 5.41) is 2.80. The number of benzene rings is 1. The van der Waals surface area contributed by atoms with Gasteiger partial charge >= 0.3 is 17.9 Å². The molecule has 0 amide bonds. The number of nitrogens with one attached hydrogen (secondary N) is 1. The highest BCUT2D eigenvalue weighted by Gasteiger charge is 2.39. The van der Waals surface area contributed by atoms with Gasteiger partial charge in [-0.2, -0.15) is 0 Å². The molecule has 1 aliphatic rings. The predicted molar refractivity (Wildman–Crippen MR) is 103 cm³/mol. The maximum atomic E-state index is 12.7. The number of methoxy groups -OCH3 is 1. The van der Waals surface area contributed by atoms with Crippen molar-refractivity contribution in [2.75, 3.05) is 20.3 Å². The molecule has 1 unspecified atom stereocenters. The molecule has 8 heteroatoms. The van der Waals surface area contributed by atoms with Crippen LogP contribution in [0.3, 0.4) is 0 Å². The van der Waals surface area contributed by atoms with Crippen molar-refractivity contribution in [3.63, 3.8) is 0 Å². The first kappa shape index (κ1) is 21.9. The van der Waals surface area contributed by atoms with Crippen LogP contribution in [0.1, 0.15) is 42.6 Å². The third-order valence-electron chi connectivity index (χ3n) is 4.37. The van der Waals surface area contributed by atoms with Crippen LogP contribution in [-0.2, 0) is 28.6 Å². The Bertz CT molecular complexity index is 881. The Hall–Kier alpha value is -3.42. The van der Waals surface area contributed by atoms with E-state index in [0.29, 0.717) is 23.1 Å². The summed E-state index contributed by atoms with van der Waals surface area (Å²) in [6.45, 7) is 5.17. The Morgan fingerprint density at radius 2 is 1.52 bits per heavy atom. The van der Waals surface area contributed by atoms with Gasteiger partial charge in [-0.15, -0.1) is 0 Å². The second-order valence-corrected chi connectivity index (χ2v) is 6.10. The molecule has 1 aromatic rings. The fraction of sp³-hybridized carbons (Fsp3) is 0.333. The van der Waals surface area contributed by atoms with Crippen molar-refractivity contribution in [3.8, 4) is 0 Å². The number of rotatable bonds is 7. The molecule has 1 atom stereocenters. The van der Waals surface area contributed by atoms with Crippen LogP contribution in [0.15, 0.2) is 46.8 Å². The molecule has 0 saturated carbocycles. The Morgan fingerprint density at radius 1 is 0.966 bits per heavy atom. The van der Waals surface area contributed by atoms with Crippen molar-refractivity contribution < 1.29 is 33.4 Å². The van der Waals surface area contributed by atoms with E-state index in [2.05, 4.69) is 5.32 Å². The lowest BCUT2D eigenvalue weighted by atomic mass is 9.80.